The van der Waals surface area contributed by atoms with E-state index in [9.17, 15) is 14.4 Å². The molecule has 0 aliphatic carbocycles. The van der Waals surface area contributed by atoms with E-state index in [2.05, 4.69) is 21.3 Å². The van der Waals surface area contributed by atoms with Gasteiger partial charge in [-0.25, -0.2) is 4.98 Å². The van der Waals surface area contributed by atoms with Crippen molar-refractivity contribution in [2.24, 2.45) is 12.8 Å². The fraction of sp³-hybridized carbons (Fsp3) is 0.367. The molecular weight excluding hydrogens is 572 g/mol. The number of anilines is 1. The molecule has 1 aliphatic rings. The van der Waals surface area contributed by atoms with Crippen LogP contribution in [0.5, 0.6) is 0 Å². The van der Waals surface area contributed by atoms with Gasteiger partial charge in [-0.05, 0) is 62.9 Å². The number of fused-ring (bicyclic) bond motifs is 1. The molecule has 0 bridgehead atoms. The Morgan fingerprint density at radius 1 is 1.23 bits per heavy atom. The second kappa shape index (κ2) is 14.3. The van der Waals surface area contributed by atoms with Gasteiger partial charge >= 0.3 is 5.97 Å². The van der Waals surface area contributed by atoms with Gasteiger partial charge in [-0.3, -0.25) is 19.8 Å². The van der Waals surface area contributed by atoms with Crippen molar-refractivity contribution in [3.63, 3.8) is 0 Å². The summed E-state index contributed by atoms with van der Waals surface area (Å²) in [5.41, 5.74) is 7.89. The molecule has 3 atom stereocenters. The molecule has 1 amide bonds. The fourth-order valence-electron chi connectivity index (χ4n) is 5.26. The zero-order chi connectivity index (χ0) is 30.4. The number of carbonyl (C=O) groups is 3. The lowest BCUT2D eigenvalue weighted by Crippen LogP contribution is -2.61. The van der Waals surface area contributed by atoms with Crippen LogP contribution in [0, 0.1) is 5.41 Å². The highest BCUT2D eigenvalue weighted by Crippen LogP contribution is 2.33. The molecule has 13 heteroatoms. The van der Waals surface area contributed by atoms with Gasteiger partial charge in [0.2, 0.25) is 5.91 Å². The third kappa shape index (κ3) is 7.04. The summed E-state index contributed by atoms with van der Waals surface area (Å²) in [6.45, 7) is 4.32. The van der Waals surface area contributed by atoms with Gasteiger partial charge in [-0.2, -0.15) is 0 Å². The number of ketones is 1. The maximum Gasteiger partial charge on any atom is 0.325 e. The third-order valence-corrected chi connectivity index (χ3v) is 7.64. The van der Waals surface area contributed by atoms with Crippen molar-refractivity contribution in [3.8, 4) is 0 Å². The number of ether oxygens (including phenoxy) is 1. The Morgan fingerprint density at radius 3 is 2.56 bits per heavy atom. The van der Waals surface area contributed by atoms with Crippen LogP contribution in [0.25, 0.3) is 11.0 Å². The number of nitrogens with one attached hydrogen (secondary N) is 5. The molecule has 0 saturated heterocycles. The second-order valence-corrected chi connectivity index (χ2v) is 10.3. The van der Waals surface area contributed by atoms with Crippen LogP contribution < -0.4 is 27.0 Å². The lowest BCUT2D eigenvalue weighted by Gasteiger charge is -2.37. The number of amides is 1. The van der Waals surface area contributed by atoms with Crippen LogP contribution in [0.15, 0.2) is 54.6 Å². The van der Waals surface area contributed by atoms with Gasteiger partial charge in [0.1, 0.15) is 24.2 Å². The summed E-state index contributed by atoms with van der Waals surface area (Å²) >= 11 is 0. The molecule has 1 aliphatic heterocycles. The SMILES string of the molecule is CCOC(=O)CNC(=O)C(NC)C(C)(C(=O)C1C=CCN1)c1ccc2c(c1)nc(CNc1ccc(C(=N)N)cc1)n2C.Cl. The van der Waals surface area contributed by atoms with Crippen molar-refractivity contribution in [1.29, 1.82) is 5.41 Å². The van der Waals surface area contributed by atoms with Crippen LogP contribution in [0.2, 0.25) is 0 Å². The molecule has 4 rings (SSSR count). The molecule has 12 nitrogen and oxygen atoms in total. The molecule has 1 aromatic heterocycles. The number of rotatable bonds is 13. The number of carbonyl (C=O) groups excluding carboxylic acids is 3. The van der Waals surface area contributed by atoms with Crippen LogP contribution in [-0.4, -0.2) is 71.9 Å². The highest BCUT2D eigenvalue weighted by Gasteiger charge is 2.48. The normalized spacial score (nSPS) is 16.1. The number of imidazole rings is 1. The minimum Gasteiger partial charge on any atom is -0.465 e. The largest absolute Gasteiger partial charge is 0.465 e. The van der Waals surface area contributed by atoms with Crippen LogP contribution >= 0.6 is 12.4 Å². The van der Waals surface area contributed by atoms with E-state index in [-0.39, 0.29) is 37.2 Å². The molecular formula is C30H39ClN8O4. The molecule has 3 unspecified atom stereocenters. The number of Topliss-reactive ketones (excluding diaryl/α,β-unsaturated/α-hetero) is 1. The van der Waals surface area contributed by atoms with E-state index in [1.54, 1.807) is 39.1 Å². The maximum atomic E-state index is 14.1. The Bertz CT molecular complexity index is 1520. The number of aryl methyl sites for hydroxylation is 1. The van der Waals surface area contributed by atoms with E-state index in [1.165, 1.54) is 0 Å². The fourth-order valence-corrected chi connectivity index (χ4v) is 5.26. The van der Waals surface area contributed by atoms with Crippen LogP contribution in [0.4, 0.5) is 5.69 Å². The molecule has 230 valence electrons. The Morgan fingerprint density at radius 2 is 1.95 bits per heavy atom. The summed E-state index contributed by atoms with van der Waals surface area (Å²) in [7, 11) is 3.53. The number of nitrogens with two attached hydrogens (primary N) is 1. The van der Waals surface area contributed by atoms with Crippen molar-refractivity contribution in [2.75, 3.05) is 32.1 Å². The second-order valence-electron chi connectivity index (χ2n) is 10.3. The smallest absolute Gasteiger partial charge is 0.325 e. The van der Waals surface area contributed by atoms with Gasteiger partial charge in [0.25, 0.3) is 0 Å². The summed E-state index contributed by atoms with van der Waals surface area (Å²) in [6.07, 6.45) is 3.68. The Balaban J connectivity index is 0.00000506. The Hall–Kier alpha value is -4.26. The van der Waals surface area contributed by atoms with E-state index < -0.39 is 29.4 Å². The number of hydrogen-bond acceptors (Lipinski definition) is 9. The molecule has 2 heterocycles. The Kier molecular flexibility index (Phi) is 11.0. The van der Waals surface area contributed by atoms with Crippen LogP contribution in [0.3, 0.4) is 0 Å². The van der Waals surface area contributed by atoms with Gasteiger partial charge < -0.3 is 36.3 Å². The summed E-state index contributed by atoms with van der Waals surface area (Å²) in [4.78, 5) is 44.2. The lowest BCUT2D eigenvalue weighted by atomic mass is 9.70. The molecule has 0 radical (unpaired) electrons. The average Bonchev–Trinajstić information content (AvgIpc) is 3.63. The number of amidine groups is 1. The minimum atomic E-state index is -1.32. The topological polar surface area (TPSA) is 176 Å². The van der Waals surface area contributed by atoms with E-state index in [4.69, 9.17) is 20.9 Å². The quantitative estimate of drug-likeness (QED) is 0.0725. The first-order chi connectivity index (χ1) is 20.1. The maximum absolute atomic E-state index is 14.1. The number of aromatic nitrogens is 2. The van der Waals surface area contributed by atoms with Crippen LogP contribution in [-0.2, 0) is 38.1 Å². The first kappa shape index (κ1) is 33.2. The van der Waals surface area contributed by atoms with E-state index in [0.29, 0.717) is 29.7 Å². The molecule has 2 aromatic carbocycles. The summed E-state index contributed by atoms with van der Waals surface area (Å²) in [5.74, 6) is -0.461. The number of benzene rings is 2. The summed E-state index contributed by atoms with van der Waals surface area (Å²) in [6, 6.07) is 11.3. The molecule has 0 spiro atoms. The number of hydrogen-bond donors (Lipinski definition) is 6. The molecule has 0 fully saturated rings. The number of nitrogen functional groups attached to an aromatic ring is 1. The van der Waals surface area contributed by atoms with Gasteiger partial charge in [-0.1, -0.05) is 18.2 Å². The van der Waals surface area contributed by atoms with Crippen molar-refractivity contribution in [1.82, 2.24) is 25.5 Å². The highest BCUT2D eigenvalue weighted by atomic mass is 35.5. The predicted octanol–water partition coefficient (Wildman–Crippen LogP) is 1.51. The standard InChI is InChI=1S/C30H38N8O4.ClH/c1-5-42-25(39)17-36-29(41)26(33-3)30(2,27(40)21-7-6-14-34-21)19-10-13-23-22(15-19)37-24(38(23)4)16-35-20-11-8-18(9-12-20)28(31)32;/h6-13,15,21,26,33-35H,5,14,16-17H2,1-4H3,(H3,31,32)(H,36,41);1H. The van der Waals surface area contributed by atoms with Gasteiger partial charge in [0.15, 0.2) is 5.78 Å². The summed E-state index contributed by atoms with van der Waals surface area (Å²) in [5, 5.41) is 19.7. The zero-order valence-corrected chi connectivity index (χ0v) is 25.5. The lowest BCUT2D eigenvalue weighted by molar-refractivity contribution is -0.144. The predicted molar refractivity (Wildman–Crippen MR) is 169 cm³/mol. The van der Waals surface area contributed by atoms with Crippen molar-refractivity contribution in [3.05, 3.63) is 71.6 Å². The van der Waals surface area contributed by atoms with Gasteiger partial charge in [-0.15, -0.1) is 12.4 Å². The number of esters is 1. The monoisotopic (exact) mass is 610 g/mol. The molecule has 7 N–H and O–H groups in total. The number of nitrogens with zero attached hydrogens (tertiary/aromatic N) is 2. The van der Waals surface area contributed by atoms with Gasteiger partial charge in [0.05, 0.1) is 35.6 Å². The van der Waals surface area contributed by atoms with Crippen molar-refractivity contribution >= 4 is 52.6 Å². The zero-order valence-electron chi connectivity index (χ0n) is 24.7. The number of halogens is 1. The number of likely N-dealkylation sites (N-methyl/N-ethyl adjacent to an activating group) is 1. The highest BCUT2D eigenvalue weighted by molar-refractivity contribution is 6.03. The van der Waals surface area contributed by atoms with Crippen LogP contribution in [0.1, 0.15) is 30.8 Å². The van der Waals surface area contributed by atoms with Gasteiger partial charge in [0, 0.05) is 24.8 Å². The van der Waals surface area contributed by atoms with Crippen molar-refractivity contribution < 1.29 is 19.1 Å². The summed E-state index contributed by atoms with van der Waals surface area (Å²) < 4.78 is 6.91. The third-order valence-electron chi connectivity index (χ3n) is 7.64. The van der Waals surface area contributed by atoms with E-state index in [0.717, 1.165) is 17.0 Å². The average molecular weight is 611 g/mol. The molecule has 3 aromatic rings. The first-order valence-electron chi connectivity index (χ1n) is 13.8. The molecule has 0 saturated carbocycles. The first-order valence-corrected chi connectivity index (χ1v) is 13.8. The van der Waals surface area contributed by atoms with E-state index >= 15 is 0 Å². The molecule has 43 heavy (non-hydrogen) atoms. The minimum absolute atomic E-state index is 0. The van der Waals surface area contributed by atoms with Crippen molar-refractivity contribution in [2.45, 2.75) is 37.9 Å². The van der Waals surface area contributed by atoms with E-state index in [1.807, 2.05) is 48.0 Å². The Labute approximate surface area is 256 Å².